The van der Waals surface area contributed by atoms with Crippen LogP contribution in [0.2, 0.25) is 0 Å². The number of hydrogen-bond acceptors (Lipinski definition) is 4. The van der Waals surface area contributed by atoms with Crippen LogP contribution >= 0.6 is 0 Å². The number of aryl methyl sites for hydroxylation is 1. The van der Waals surface area contributed by atoms with E-state index >= 15 is 0 Å². The van der Waals surface area contributed by atoms with Crippen molar-refractivity contribution in [2.75, 3.05) is 25.4 Å². The highest BCUT2D eigenvalue weighted by molar-refractivity contribution is 5.97. The molecule has 0 bridgehead atoms. The van der Waals surface area contributed by atoms with Gasteiger partial charge in [0.2, 0.25) is 0 Å². The molecule has 18 heavy (non-hydrogen) atoms. The van der Waals surface area contributed by atoms with Crippen LogP contribution in [0.5, 0.6) is 0 Å². The molecular weight excluding hydrogens is 232 g/mol. The minimum absolute atomic E-state index is 0.101. The molecule has 0 aliphatic carbocycles. The molecule has 0 spiro atoms. The lowest BCUT2D eigenvalue weighted by Crippen LogP contribution is -2.39. The monoisotopic (exact) mass is 252 g/mol. The number of nitrogens with zero attached hydrogens (tertiary/aromatic N) is 3. The summed E-state index contributed by atoms with van der Waals surface area (Å²) in [5.74, 6) is 0.218. The van der Waals surface area contributed by atoms with Gasteiger partial charge in [-0.25, -0.2) is 0 Å². The molecule has 0 saturated carbocycles. The molecule has 0 aromatic carbocycles. The van der Waals surface area contributed by atoms with E-state index in [-0.39, 0.29) is 12.5 Å². The van der Waals surface area contributed by atoms with Gasteiger partial charge in [0.05, 0.1) is 5.69 Å². The number of nitrogens with two attached hydrogens (primary N) is 1. The zero-order valence-corrected chi connectivity index (χ0v) is 10.7. The first-order chi connectivity index (χ1) is 8.65. The summed E-state index contributed by atoms with van der Waals surface area (Å²) in [5.41, 5.74) is 6.59. The van der Waals surface area contributed by atoms with Gasteiger partial charge in [-0.3, -0.25) is 9.48 Å². The summed E-state index contributed by atoms with van der Waals surface area (Å²) in [7, 11) is 0. The largest absolute Gasteiger partial charge is 0.396 e. The molecule has 0 atom stereocenters. The van der Waals surface area contributed by atoms with Gasteiger partial charge in [0.1, 0.15) is 0 Å². The molecule has 1 aliphatic rings. The fourth-order valence-electron chi connectivity index (χ4n) is 2.23. The summed E-state index contributed by atoms with van der Waals surface area (Å²) in [6.07, 6.45) is 3.38. The Morgan fingerprint density at radius 2 is 2.22 bits per heavy atom. The van der Waals surface area contributed by atoms with Crippen molar-refractivity contribution in [3.63, 3.8) is 0 Å². The van der Waals surface area contributed by atoms with Crippen molar-refractivity contribution < 1.29 is 9.90 Å². The molecule has 6 nitrogen and oxygen atoms in total. The smallest absolute Gasteiger partial charge is 0.276 e. The normalized spacial score (nSPS) is 17.1. The summed E-state index contributed by atoms with van der Waals surface area (Å²) in [6, 6.07) is 0. The lowest BCUT2D eigenvalue weighted by Gasteiger charge is -2.30. The van der Waals surface area contributed by atoms with Crippen molar-refractivity contribution >= 4 is 11.6 Å². The number of carbonyl (C=O) groups is 1. The third-order valence-corrected chi connectivity index (χ3v) is 3.48. The fourth-order valence-corrected chi connectivity index (χ4v) is 2.23. The average Bonchev–Trinajstić information content (AvgIpc) is 2.79. The highest BCUT2D eigenvalue weighted by Crippen LogP contribution is 2.20. The third-order valence-electron chi connectivity index (χ3n) is 3.48. The van der Waals surface area contributed by atoms with Gasteiger partial charge in [-0.15, -0.1) is 0 Å². The van der Waals surface area contributed by atoms with Crippen LogP contribution in [0, 0.1) is 5.92 Å². The van der Waals surface area contributed by atoms with Gasteiger partial charge in [-0.2, -0.15) is 5.10 Å². The number of piperidine rings is 1. The number of hydrogen-bond donors (Lipinski definition) is 2. The Labute approximate surface area is 106 Å². The van der Waals surface area contributed by atoms with Crippen LogP contribution < -0.4 is 5.73 Å². The van der Waals surface area contributed by atoms with Crippen LogP contribution in [0.25, 0.3) is 0 Å². The minimum Gasteiger partial charge on any atom is -0.396 e. The van der Waals surface area contributed by atoms with Gasteiger partial charge >= 0.3 is 0 Å². The van der Waals surface area contributed by atoms with Crippen molar-refractivity contribution in [1.29, 1.82) is 0 Å². The van der Waals surface area contributed by atoms with E-state index in [1.807, 2.05) is 6.92 Å². The Morgan fingerprint density at radius 1 is 1.56 bits per heavy atom. The van der Waals surface area contributed by atoms with E-state index in [4.69, 9.17) is 10.8 Å². The van der Waals surface area contributed by atoms with Crippen molar-refractivity contribution in [2.45, 2.75) is 26.3 Å². The standard InChI is InChI=1S/C12H20N4O2/c1-2-16-7-10(13)11(14-16)12(18)15-5-3-9(8-17)4-6-15/h7,9,17H,2-6,8,13H2,1H3. The SMILES string of the molecule is CCn1cc(N)c(C(=O)N2CCC(CO)CC2)n1. The van der Waals surface area contributed by atoms with Gasteiger partial charge in [0.25, 0.3) is 5.91 Å². The minimum atomic E-state index is -0.101. The summed E-state index contributed by atoms with van der Waals surface area (Å²) in [6.45, 7) is 4.19. The summed E-state index contributed by atoms with van der Waals surface area (Å²) < 4.78 is 1.67. The predicted molar refractivity (Wildman–Crippen MR) is 68.0 cm³/mol. The molecule has 2 rings (SSSR count). The topological polar surface area (TPSA) is 84.4 Å². The zero-order chi connectivity index (χ0) is 13.1. The lowest BCUT2D eigenvalue weighted by molar-refractivity contribution is 0.0645. The highest BCUT2D eigenvalue weighted by Gasteiger charge is 2.26. The Bertz CT molecular complexity index is 422. The second-order valence-corrected chi connectivity index (χ2v) is 4.71. The Balaban J connectivity index is 2.05. The summed E-state index contributed by atoms with van der Waals surface area (Å²) in [4.78, 5) is 14.0. The van der Waals surface area contributed by atoms with E-state index in [1.54, 1.807) is 15.8 Å². The van der Waals surface area contributed by atoms with Crippen LogP contribution in [-0.2, 0) is 6.54 Å². The molecule has 100 valence electrons. The van der Waals surface area contributed by atoms with E-state index < -0.39 is 0 Å². The van der Waals surface area contributed by atoms with Crippen LogP contribution in [0.1, 0.15) is 30.3 Å². The molecule has 1 saturated heterocycles. The first-order valence-corrected chi connectivity index (χ1v) is 6.38. The second-order valence-electron chi connectivity index (χ2n) is 4.71. The number of carbonyl (C=O) groups excluding carboxylic acids is 1. The predicted octanol–water partition coefficient (Wildman–Crippen LogP) is 0.330. The molecule has 0 unspecified atom stereocenters. The molecule has 3 N–H and O–H groups in total. The number of aromatic nitrogens is 2. The molecule has 1 aliphatic heterocycles. The molecule has 1 aromatic rings. The maximum atomic E-state index is 12.3. The molecule has 1 fully saturated rings. The van der Waals surface area contributed by atoms with E-state index in [2.05, 4.69) is 5.10 Å². The molecule has 2 heterocycles. The Kier molecular flexibility index (Phi) is 3.86. The quantitative estimate of drug-likeness (QED) is 0.812. The van der Waals surface area contributed by atoms with E-state index in [9.17, 15) is 4.79 Å². The Morgan fingerprint density at radius 3 is 2.72 bits per heavy atom. The maximum Gasteiger partial charge on any atom is 0.276 e. The van der Waals surface area contributed by atoms with Crippen LogP contribution in [0.15, 0.2) is 6.20 Å². The van der Waals surface area contributed by atoms with Crippen molar-refractivity contribution in [3.05, 3.63) is 11.9 Å². The van der Waals surface area contributed by atoms with Gasteiger partial charge in [0, 0.05) is 32.4 Å². The first-order valence-electron chi connectivity index (χ1n) is 6.38. The number of aliphatic hydroxyl groups excluding tert-OH is 1. The third kappa shape index (κ3) is 2.48. The highest BCUT2D eigenvalue weighted by atomic mass is 16.3. The van der Waals surface area contributed by atoms with E-state index in [0.717, 1.165) is 12.8 Å². The number of aliphatic hydroxyl groups is 1. The number of rotatable bonds is 3. The number of amides is 1. The van der Waals surface area contributed by atoms with E-state index in [1.165, 1.54) is 0 Å². The van der Waals surface area contributed by atoms with Crippen molar-refractivity contribution in [3.8, 4) is 0 Å². The molecule has 0 radical (unpaired) electrons. The van der Waals surface area contributed by atoms with Crippen LogP contribution in [-0.4, -0.2) is 45.4 Å². The number of anilines is 1. The van der Waals surface area contributed by atoms with Gasteiger partial charge in [0.15, 0.2) is 5.69 Å². The summed E-state index contributed by atoms with van der Waals surface area (Å²) in [5, 5.41) is 13.3. The van der Waals surface area contributed by atoms with Gasteiger partial charge < -0.3 is 15.7 Å². The molecule has 6 heteroatoms. The molecule has 1 amide bonds. The zero-order valence-electron chi connectivity index (χ0n) is 10.7. The molecule has 1 aromatic heterocycles. The second kappa shape index (κ2) is 5.39. The van der Waals surface area contributed by atoms with Gasteiger partial charge in [-0.05, 0) is 25.7 Å². The van der Waals surface area contributed by atoms with Gasteiger partial charge in [-0.1, -0.05) is 0 Å². The van der Waals surface area contributed by atoms with Crippen molar-refractivity contribution in [2.24, 2.45) is 5.92 Å². The average molecular weight is 252 g/mol. The number of likely N-dealkylation sites (tertiary alicyclic amines) is 1. The summed E-state index contributed by atoms with van der Waals surface area (Å²) >= 11 is 0. The van der Waals surface area contributed by atoms with Crippen LogP contribution in [0.3, 0.4) is 0 Å². The van der Waals surface area contributed by atoms with E-state index in [0.29, 0.717) is 36.9 Å². The molecular formula is C12H20N4O2. The van der Waals surface area contributed by atoms with Crippen molar-refractivity contribution in [1.82, 2.24) is 14.7 Å². The lowest BCUT2D eigenvalue weighted by atomic mass is 9.98. The first kappa shape index (κ1) is 12.9. The number of nitrogen functional groups attached to an aromatic ring is 1. The van der Waals surface area contributed by atoms with Crippen LogP contribution in [0.4, 0.5) is 5.69 Å². The maximum absolute atomic E-state index is 12.3. The Hall–Kier alpha value is -1.56. The fraction of sp³-hybridized carbons (Fsp3) is 0.667.